The van der Waals surface area contributed by atoms with Crippen molar-refractivity contribution in [2.45, 2.75) is 44.1 Å². The summed E-state index contributed by atoms with van der Waals surface area (Å²) in [5.74, 6) is 0.584. The lowest BCUT2D eigenvalue weighted by molar-refractivity contribution is -0.133. The number of nitrogens with zero attached hydrogens (tertiary/aromatic N) is 1. The van der Waals surface area contributed by atoms with Gasteiger partial charge in [0.1, 0.15) is 5.78 Å². The van der Waals surface area contributed by atoms with Crippen molar-refractivity contribution in [2.24, 2.45) is 5.92 Å². The van der Waals surface area contributed by atoms with Crippen LogP contribution in [0.3, 0.4) is 0 Å². The molecule has 3 aliphatic rings. The van der Waals surface area contributed by atoms with Gasteiger partial charge in [-0.2, -0.15) is 0 Å². The van der Waals surface area contributed by atoms with Crippen LogP contribution in [0.5, 0.6) is 0 Å². The summed E-state index contributed by atoms with van der Waals surface area (Å²) in [7, 11) is 2.15. The van der Waals surface area contributed by atoms with Crippen LogP contribution in [-0.2, 0) is 19.0 Å². The molecule has 3 saturated heterocycles. The number of likely N-dealkylation sites (N-methyl/N-ethyl adjacent to an activating group) is 1. The Kier molecular flexibility index (Phi) is 4.17. The zero-order valence-electron chi connectivity index (χ0n) is 11.5. The molecule has 0 radical (unpaired) electrons. The predicted octanol–water partition coefficient (Wildman–Crippen LogP) is 0.818. The van der Waals surface area contributed by atoms with Crippen LogP contribution < -0.4 is 0 Å². The zero-order valence-corrected chi connectivity index (χ0v) is 11.5. The van der Waals surface area contributed by atoms with E-state index >= 15 is 0 Å². The highest BCUT2D eigenvalue weighted by Crippen LogP contribution is 2.31. The van der Waals surface area contributed by atoms with Gasteiger partial charge in [-0.25, -0.2) is 0 Å². The fourth-order valence-electron chi connectivity index (χ4n) is 3.40. The van der Waals surface area contributed by atoms with Crippen LogP contribution in [0.2, 0.25) is 0 Å². The van der Waals surface area contributed by atoms with Gasteiger partial charge in [-0.15, -0.1) is 0 Å². The van der Waals surface area contributed by atoms with Gasteiger partial charge in [0.25, 0.3) is 0 Å². The molecule has 2 bridgehead atoms. The summed E-state index contributed by atoms with van der Waals surface area (Å²) >= 11 is 0. The summed E-state index contributed by atoms with van der Waals surface area (Å²) in [4.78, 5) is 14.7. The molecular weight excluding hydrogens is 246 g/mol. The van der Waals surface area contributed by atoms with Crippen molar-refractivity contribution < 1.29 is 19.0 Å². The Hall–Kier alpha value is -0.490. The molecule has 3 fully saturated rings. The number of morpholine rings is 1. The molecule has 5 nitrogen and oxygen atoms in total. The highest BCUT2D eigenvalue weighted by atomic mass is 16.7. The smallest absolute Gasteiger partial charge is 0.158 e. The summed E-state index contributed by atoms with van der Waals surface area (Å²) in [6.07, 6.45) is 3.02. The Balaban J connectivity index is 1.50. The van der Waals surface area contributed by atoms with Gasteiger partial charge >= 0.3 is 0 Å². The van der Waals surface area contributed by atoms with Crippen LogP contribution >= 0.6 is 0 Å². The molecule has 2 atom stereocenters. The highest BCUT2D eigenvalue weighted by Gasteiger charge is 2.39. The number of hydrogen-bond donors (Lipinski definition) is 0. The van der Waals surface area contributed by atoms with E-state index in [0.29, 0.717) is 43.9 Å². The van der Waals surface area contributed by atoms with E-state index in [4.69, 9.17) is 14.2 Å². The maximum absolute atomic E-state index is 12.3. The molecule has 2 unspecified atom stereocenters. The van der Waals surface area contributed by atoms with E-state index in [1.165, 1.54) is 0 Å². The number of carbonyl (C=O) groups excluding carboxylic acids is 1. The van der Waals surface area contributed by atoms with E-state index in [2.05, 4.69) is 11.9 Å². The molecule has 0 aromatic carbocycles. The Morgan fingerprint density at radius 3 is 2.42 bits per heavy atom. The lowest BCUT2D eigenvalue weighted by Crippen LogP contribution is -2.55. The lowest BCUT2D eigenvalue weighted by Gasteiger charge is -2.46. The fraction of sp³-hybridized carbons (Fsp3) is 0.929. The summed E-state index contributed by atoms with van der Waals surface area (Å²) in [5.41, 5.74) is 0. The lowest BCUT2D eigenvalue weighted by atomic mass is 9.82. The van der Waals surface area contributed by atoms with Crippen molar-refractivity contribution in [1.29, 1.82) is 0 Å². The zero-order chi connectivity index (χ0) is 13.2. The standard InChI is InChI=1S/C14H23NO4/c1-15-11-6-10(7-12(15)9-17-8-11)13(16)2-3-14-18-4-5-19-14/h10-12,14H,2-9H2,1H3. The largest absolute Gasteiger partial charge is 0.378 e. The number of ketones is 1. The van der Waals surface area contributed by atoms with E-state index < -0.39 is 0 Å². The first kappa shape index (κ1) is 13.5. The summed E-state index contributed by atoms with van der Waals surface area (Å²) in [6.45, 7) is 2.86. The molecular formula is C14H23NO4. The maximum Gasteiger partial charge on any atom is 0.158 e. The van der Waals surface area contributed by atoms with E-state index in [-0.39, 0.29) is 12.2 Å². The average molecular weight is 269 g/mol. The SMILES string of the molecule is CN1C2COCC1CC(C(=O)CCC1OCCO1)C2. The third-order valence-corrected chi connectivity index (χ3v) is 4.66. The minimum Gasteiger partial charge on any atom is -0.378 e. The quantitative estimate of drug-likeness (QED) is 0.756. The van der Waals surface area contributed by atoms with Crippen LogP contribution in [0.15, 0.2) is 0 Å². The van der Waals surface area contributed by atoms with Crippen LogP contribution in [0.1, 0.15) is 25.7 Å². The Morgan fingerprint density at radius 2 is 1.79 bits per heavy atom. The van der Waals surface area contributed by atoms with Crippen molar-refractivity contribution >= 4 is 5.78 Å². The monoisotopic (exact) mass is 269 g/mol. The maximum atomic E-state index is 12.3. The first-order valence-electron chi connectivity index (χ1n) is 7.29. The molecule has 0 N–H and O–H groups in total. The van der Waals surface area contributed by atoms with Gasteiger partial charge in [-0.05, 0) is 19.9 Å². The predicted molar refractivity (Wildman–Crippen MR) is 68.8 cm³/mol. The average Bonchev–Trinajstić information content (AvgIpc) is 2.88. The molecule has 108 valence electrons. The van der Waals surface area contributed by atoms with Gasteiger partial charge < -0.3 is 14.2 Å². The first-order chi connectivity index (χ1) is 9.24. The fourth-order valence-corrected chi connectivity index (χ4v) is 3.40. The van der Waals surface area contributed by atoms with Gasteiger partial charge in [-0.1, -0.05) is 0 Å². The van der Waals surface area contributed by atoms with E-state index in [9.17, 15) is 4.79 Å². The van der Waals surface area contributed by atoms with Crippen molar-refractivity contribution in [3.63, 3.8) is 0 Å². The molecule has 0 amide bonds. The van der Waals surface area contributed by atoms with Gasteiger partial charge in [-0.3, -0.25) is 9.69 Å². The molecule has 0 aromatic rings. The highest BCUT2D eigenvalue weighted by molar-refractivity contribution is 5.81. The number of carbonyl (C=O) groups is 1. The topological polar surface area (TPSA) is 48.0 Å². The third kappa shape index (κ3) is 2.99. The Labute approximate surface area is 114 Å². The van der Waals surface area contributed by atoms with Crippen molar-refractivity contribution in [3.05, 3.63) is 0 Å². The summed E-state index contributed by atoms with van der Waals surface area (Å²) in [5, 5.41) is 0. The number of Topliss-reactive ketones (excluding diaryl/α,β-unsaturated/α-hetero) is 1. The van der Waals surface area contributed by atoms with Gasteiger partial charge in [0.2, 0.25) is 0 Å². The molecule has 5 heteroatoms. The van der Waals surface area contributed by atoms with E-state index in [1.807, 2.05) is 0 Å². The van der Waals surface area contributed by atoms with Gasteiger partial charge in [0.15, 0.2) is 6.29 Å². The first-order valence-corrected chi connectivity index (χ1v) is 7.29. The second kappa shape index (κ2) is 5.87. The number of ether oxygens (including phenoxy) is 3. The second-order valence-corrected chi connectivity index (χ2v) is 5.86. The normalized spacial score (nSPS) is 36.6. The van der Waals surface area contributed by atoms with Gasteiger partial charge in [0.05, 0.1) is 26.4 Å². The molecule has 0 spiro atoms. The van der Waals surface area contributed by atoms with E-state index in [1.54, 1.807) is 0 Å². The summed E-state index contributed by atoms with van der Waals surface area (Å²) < 4.78 is 16.3. The van der Waals surface area contributed by atoms with Crippen LogP contribution in [0.4, 0.5) is 0 Å². The number of rotatable bonds is 4. The van der Waals surface area contributed by atoms with Gasteiger partial charge in [0, 0.05) is 30.8 Å². The minimum atomic E-state index is -0.155. The molecule has 3 aliphatic heterocycles. The van der Waals surface area contributed by atoms with Crippen LogP contribution in [-0.4, -0.2) is 62.5 Å². The number of fused-ring (bicyclic) bond motifs is 2. The molecule has 0 aromatic heterocycles. The molecule has 0 aliphatic carbocycles. The minimum absolute atomic E-state index is 0.155. The van der Waals surface area contributed by atoms with Crippen molar-refractivity contribution in [2.75, 3.05) is 33.5 Å². The van der Waals surface area contributed by atoms with Crippen LogP contribution in [0, 0.1) is 5.92 Å². The summed E-state index contributed by atoms with van der Waals surface area (Å²) in [6, 6.07) is 0.834. The molecule has 3 rings (SSSR count). The molecule has 0 saturated carbocycles. The molecule has 19 heavy (non-hydrogen) atoms. The van der Waals surface area contributed by atoms with Crippen LogP contribution in [0.25, 0.3) is 0 Å². The second-order valence-electron chi connectivity index (χ2n) is 5.86. The Bertz CT molecular complexity index is 315. The van der Waals surface area contributed by atoms with E-state index in [0.717, 1.165) is 26.1 Å². The van der Waals surface area contributed by atoms with Crippen molar-refractivity contribution in [1.82, 2.24) is 4.90 Å². The third-order valence-electron chi connectivity index (χ3n) is 4.66. The number of hydrogen-bond acceptors (Lipinski definition) is 5. The van der Waals surface area contributed by atoms with Crippen molar-refractivity contribution in [3.8, 4) is 0 Å². The molecule has 3 heterocycles. The number of piperidine rings is 1. The Morgan fingerprint density at radius 1 is 1.16 bits per heavy atom.